The van der Waals surface area contributed by atoms with E-state index >= 15 is 0 Å². The van der Waals surface area contributed by atoms with Gasteiger partial charge in [-0.1, -0.05) is 0 Å². The molecule has 0 saturated carbocycles. The van der Waals surface area contributed by atoms with Crippen LogP contribution in [0.15, 0.2) is 12.7 Å². The van der Waals surface area contributed by atoms with Gasteiger partial charge in [-0.3, -0.25) is 0 Å². The molecule has 0 spiro atoms. The molecule has 0 bridgehead atoms. The Labute approximate surface area is 101 Å². The Morgan fingerprint density at radius 3 is 1.40 bits per heavy atom. The summed E-state index contributed by atoms with van der Waals surface area (Å²) in [6, 6.07) is 0. The first kappa shape index (κ1) is 22.4. The van der Waals surface area contributed by atoms with Crippen molar-refractivity contribution in [2.75, 3.05) is 5.84 Å². The predicted octanol–water partition coefficient (Wildman–Crippen LogP) is -10.00. The van der Waals surface area contributed by atoms with Crippen molar-refractivity contribution in [2.45, 2.75) is 0 Å². The number of nitrogens with zero attached hydrogens (tertiary/aromatic N) is 3. The maximum absolute atomic E-state index is 5.07. The van der Waals surface area contributed by atoms with E-state index < -0.39 is 0 Å². The largest absolute Gasteiger partial charge is 3.00 e. The molecule has 1 rings (SSSR count). The third kappa shape index (κ3) is 8.90. The van der Waals surface area contributed by atoms with E-state index in [-0.39, 0.29) is 68.0 Å². The van der Waals surface area contributed by atoms with Crippen LogP contribution in [0.2, 0.25) is 0 Å². The van der Waals surface area contributed by atoms with Gasteiger partial charge in [0.25, 0.3) is 0 Å². The summed E-state index contributed by atoms with van der Waals surface area (Å²) in [5, 5.41) is 6.82. The first-order valence-corrected chi connectivity index (χ1v) is 1.49. The van der Waals surface area contributed by atoms with Gasteiger partial charge >= 0.3 is 17.1 Å². The average molecular weight is 380 g/mol. The fraction of sp³-hybridized carbons (Fsp3) is 0. The number of rotatable bonds is 0. The summed E-state index contributed by atoms with van der Waals surface area (Å²) in [4.78, 5) is 0. The molecule has 0 unspecified atom stereocenters. The van der Waals surface area contributed by atoms with Crippen LogP contribution in [0.3, 0.4) is 0 Å². The summed E-state index contributed by atoms with van der Waals surface area (Å²) in [7, 11) is 0. The Balaban J connectivity index is -0.0000000450. The molecule has 1 aromatic rings. The second-order valence-electron chi connectivity index (χ2n) is 0.909. The summed E-state index contributed by atoms with van der Waals surface area (Å²) in [5.41, 5.74) is 0. The Morgan fingerprint density at radius 2 is 1.30 bits per heavy atom. The number of nitrogen functional groups attached to an aromatic ring is 1. The molecule has 0 saturated heterocycles. The van der Waals surface area contributed by atoms with Gasteiger partial charge in [0.15, 0.2) is 0 Å². The van der Waals surface area contributed by atoms with Crippen molar-refractivity contribution in [2.24, 2.45) is 0 Å². The number of aromatic nitrogens is 3. The Hall–Kier alpha value is 0.899. The normalized spacial score (nSPS) is 5.20. The molecule has 1 heterocycles. The molecule has 8 heteroatoms. The molecule has 0 aliphatic heterocycles. The SMILES string of the molecule is Nn1cnnc1.[Br-].[Br-].[Br-].[Fe+3]. The average Bonchev–Trinajstić information content (AvgIpc) is 1.86. The first-order chi connectivity index (χ1) is 2.89. The topological polar surface area (TPSA) is 56.7 Å². The predicted molar refractivity (Wildman–Crippen MR) is 20.2 cm³/mol. The summed E-state index contributed by atoms with van der Waals surface area (Å²) in [6.07, 6.45) is 2.83. The van der Waals surface area contributed by atoms with E-state index in [2.05, 4.69) is 10.2 Å². The summed E-state index contributed by atoms with van der Waals surface area (Å²) in [6.45, 7) is 0. The van der Waals surface area contributed by atoms with Crippen LogP contribution in [0, 0.1) is 0 Å². The number of halogens is 3. The third-order valence-electron chi connectivity index (χ3n) is 0.437. The van der Waals surface area contributed by atoms with Crippen LogP contribution in [-0.4, -0.2) is 14.9 Å². The van der Waals surface area contributed by atoms with Crippen LogP contribution >= 0.6 is 0 Å². The molecule has 0 fully saturated rings. The summed E-state index contributed by atoms with van der Waals surface area (Å²) < 4.78 is 1.28. The third-order valence-corrected chi connectivity index (χ3v) is 0.437. The van der Waals surface area contributed by atoms with Gasteiger partial charge in [-0.2, -0.15) is 0 Å². The van der Waals surface area contributed by atoms with Crippen LogP contribution in [-0.2, 0) is 17.1 Å². The van der Waals surface area contributed by atoms with Gasteiger partial charge in [0.05, 0.1) is 0 Å². The molecule has 0 amide bonds. The van der Waals surface area contributed by atoms with Gasteiger partial charge in [-0.05, 0) is 0 Å². The second kappa shape index (κ2) is 12.6. The molecule has 4 nitrogen and oxygen atoms in total. The standard InChI is InChI=1S/C2H4N4.3BrH.Fe/c3-6-1-4-5-2-6;;;;/h1-2H,3H2;3*1H;/q;;;;+3/p-3. The number of hydrogen-bond acceptors (Lipinski definition) is 3. The minimum atomic E-state index is 0. The van der Waals surface area contributed by atoms with Gasteiger partial charge in [-0.25, -0.2) is 4.68 Å². The molecule has 2 N–H and O–H groups in total. The van der Waals surface area contributed by atoms with E-state index in [1.54, 1.807) is 0 Å². The molecule has 1 radical (unpaired) electrons. The molecule has 0 aromatic carbocycles. The summed E-state index contributed by atoms with van der Waals surface area (Å²) in [5.74, 6) is 5.07. The molecule has 0 atom stereocenters. The van der Waals surface area contributed by atoms with Crippen molar-refractivity contribution in [3.8, 4) is 0 Å². The zero-order chi connectivity index (χ0) is 4.41. The van der Waals surface area contributed by atoms with Crippen LogP contribution in [0.4, 0.5) is 0 Å². The van der Waals surface area contributed by atoms with Crippen molar-refractivity contribution in [1.82, 2.24) is 14.9 Å². The van der Waals surface area contributed by atoms with Gasteiger partial charge < -0.3 is 56.8 Å². The smallest absolute Gasteiger partial charge is 1.00 e. The minimum Gasteiger partial charge on any atom is -1.00 e. The molecule has 0 aliphatic rings. The van der Waals surface area contributed by atoms with Crippen molar-refractivity contribution in [3.05, 3.63) is 12.7 Å². The van der Waals surface area contributed by atoms with Crippen molar-refractivity contribution < 1.29 is 68.0 Å². The zero-order valence-corrected chi connectivity index (χ0v) is 10.4. The quantitative estimate of drug-likeness (QED) is 0.360. The molecule has 10 heavy (non-hydrogen) atoms. The van der Waals surface area contributed by atoms with Crippen LogP contribution in [0.5, 0.6) is 0 Å². The van der Waals surface area contributed by atoms with E-state index in [4.69, 9.17) is 5.84 Å². The van der Waals surface area contributed by atoms with Gasteiger partial charge in [0.2, 0.25) is 0 Å². The van der Waals surface area contributed by atoms with E-state index in [1.807, 2.05) is 0 Å². The minimum absolute atomic E-state index is 0. The van der Waals surface area contributed by atoms with Gasteiger partial charge in [0.1, 0.15) is 12.7 Å². The molecule has 1 aromatic heterocycles. The van der Waals surface area contributed by atoms with E-state index in [0.717, 1.165) is 0 Å². The zero-order valence-electron chi connectivity index (χ0n) is 4.56. The Bertz CT molecular complexity index is 122. The fourth-order valence-electron chi connectivity index (χ4n) is 0.209. The van der Waals surface area contributed by atoms with E-state index in [1.165, 1.54) is 17.3 Å². The summed E-state index contributed by atoms with van der Waals surface area (Å²) >= 11 is 0. The van der Waals surface area contributed by atoms with E-state index in [9.17, 15) is 0 Å². The van der Waals surface area contributed by atoms with Gasteiger partial charge in [-0.15, -0.1) is 10.2 Å². The second-order valence-corrected chi connectivity index (χ2v) is 0.909. The molecule has 0 aliphatic carbocycles. The Morgan fingerprint density at radius 1 is 1.00 bits per heavy atom. The maximum atomic E-state index is 5.07. The van der Waals surface area contributed by atoms with Crippen LogP contribution < -0.4 is 56.8 Å². The van der Waals surface area contributed by atoms with Crippen LogP contribution in [0.25, 0.3) is 0 Å². The molecular formula is C2H4Br3FeN4. The number of nitrogens with two attached hydrogens (primary N) is 1. The van der Waals surface area contributed by atoms with Crippen molar-refractivity contribution in [1.29, 1.82) is 0 Å². The van der Waals surface area contributed by atoms with Crippen LogP contribution in [0.1, 0.15) is 0 Å². The van der Waals surface area contributed by atoms with Gasteiger partial charge in [0, 0.05) is 0 Å². The van der Waals surface area contributed by atoms with E-state index in [0.29, 0.717) is 0 Å². The Kier molecular flexibility index (Phi) is 28.2. The first-order valence-electron chi connectivity index (χ1n) is 1.49. The van der Waals surface area contributed by atoms with Crippen molar-refractivity contribution >= 4 is 0 Å². The van der Waals surface area contributed by atoms with Crippen molar-refractivity contribution in [3.63, 3.8) is 0 Å². The monoisotopic (exact) mass is 377 g/mol. The maximum Gasteiger partial charge on any atom is 3.00 e. The molecular weight excluding hydrogens is 376 g/mol. The fourth-order valence-corrected chi connectivity index (χ4v) is 0.209. The molecule has 61 valence electrons. The number of hydrogen-bond donors (Lipinski definition) is 1.